The maximum Gasteiger partial charge on any atom is 0.188 e. The Morgan fingerprint density at radius 1 is 1.22 bits per heavy atom. The van der Waals surface area contributed by atoms with E-state index in [1.807, 2.05) is 19.1 Å². The molecule has 0 radical (unpaired) electrons. The molecule has 3 atom stereocenters. The number of rotatable bonds is 5. The number of benzene rings is 1. The third kappa shape index (κ3) is 3.71. The average molecular weight is 387 g/mol. The van der Waals surface area contributed by atoms with E-state index < -0.39 is 10.8 Å². The van der Waals surface area contributed by atoms with Crippen LogP contribution in [0, 0.1) is 5.82 Å². The molecule has 0 saturated heterocycles. The van der Waals surface area contributed by atoms with Gasteiger partial charge in [-0.3, -0.25) is 4.21 Å². The number of aromatic nitrogens is 4. The molecule has 8 heteroatoms. The van der Waals surface area contributed by atoms with E-state index in [-0.39, 0.29) is 17.1 Å². The Balaban J connectivity index is 1.59. The summed E-state index contributed by atoms with van der Waals surface area (Å²) in [6.07, 6.45) is 3.99. The number of fused-ring (bicyclic) bond motifs is 1. The van der Waals surface area contributed by atoms with E-state index in [1.54, 1.807) is 22.7 Å². The van der Waals surface area contributed by atoms with Gasteiger partial charge >= 0.3 is 0 Å². The van der Waals surface area contributed by atoms with Gasteiger partial charge in [-0.25, -0.2) is 4.39 Å². The molecule has 1 fully saturated rings. The highest BCUT2D eigenvalue weighted by molar-refractivity contribution is 7.85. The zero-order valence-corrected chi connectivity index (χ0v) is 16.0. The fraction of sp³-hybridized carbons (Fsp3) is 0.421. The van der Waals surface area contributed by atoms with Gasteiger partial charge in [-0.05, 0) is 43.5 Å². The van der Waals surface area contributed by atoms with Crippen molar-refractivity contribution in [1.82, 2.24) is 19.8 Å². The van der Waals surface area contributed by atoms with Crippen LogP contribution in [0.25, 0.3) is 17.0 Å². The first kappa shape index (κ1) is 18.0. The second-order valence-corrected chi connectivity index (χ2v) is 8.80. The summed E-state index contributed by atoms with van der Waals surface area (Å²) in [5.74, 6) is 1.41. The van der Waals surface area contributed by atoms with Gasteiger partial charge in [0, 0.05) is 27.8 Å². The number of nitrogens with one attached hydrogen (secondary N) is 1. The average Bonchev–Trinajstić information content (AvgIpc) is 3.11. The van der Waals surface area contributed by atoms with Crippen molar-refractivity contribution >= 4 is 22.3 Å². The van der Waals surface area contributed by atoms with Crippen LogP contribution in [0.4, 0.5) is 10.2 Å². The third-order valence-electron chi connectivity index (χ3n) is 5.01. The van der Waals surface area contributed by atoms with E-state index in [0.717, 1.165) is 25.7 Å². The minimum atomic E-state index is -0.766. The first-order chi connectivity index (χ1) is 13.2. The van der Waals surface area contributed by atoms with Crippen LogP contribution in [0.3, 0.4) is 0 Å². The first-order valence-corrected chi connectivity index (χ1v) is 10.6. The van der Waals surface area contributed by atoms with E-state index in [0.29, 0.717) is 28.6 Å². The second-order valence-electron chi connectivity index (χ2n) is 6.79. The number of nitrogens with zero attached hydrogens (tertiary/aromatic N) is 4. The molecule has 0 aliphatic heterocycles. The lowest BCUT2D eigenvalue weighted by Crippen LogP contribution is -2.33. The van der Waals surface area contributed by atoms with Crippen LogP contribution < -0.4 is 5.32 Å². The van der Waals surface area contributed by atoms with Crippen molar-refractivity contribution in [3.8, 4) is 11.4 Å². The van der Waals surface area contributed by atoms with Gasteiger partial charge in [0.1, 0.15) is 11.6 Å². The molecule has 142 valence electrons. The highest BCUT2D eigenvalue weighted by atomic mass is 32.2. The molecule has 27 heavy (non-hydrogen) atoms. The SMILES string of the molecule is CCS(=O)C1CCCC(Nc2ccc3nnc(-c4ccccc4F)n3n2)C1. The molecule has 1 saturated carbocycles. The van der Waals surface area contributed by atoms with E-state index in [4.69, 9.17) is 0 Å². The lowest BCUT2D eigenvalue weighted by atomic mass is 9.95. The molecule has 1 aliphatic carbocycles. The van der Waals surface area contributed by atoms with Crippen LogP contribution in [-0.4, -0.2) is 41.1 Å². The zero-order valence-electron chi connectivity index (χ0n) is 15.1. The standard InChI is InChI=1S/C19H22FN5OS/c1-2-27(26)14-7-5-6-13(12-14)21-17-10-11-18-22-23-19(25(18)24-17)15-8-3-4-9-16(15)20/h3-4,8-11,13-14H,2,5-7,12H2,1H3,(H,21,24). The number of halogens is 1. The fourth-order valence-corrected chi connectivity index (χ4v) is 4.98. The monoisotopic (exact) mass is 387 g/mol. The second kappa shape index (κ2) is 7.72. The van der Waals surface area contributed by atoms with Gasteiger partial charge in [-0.1, -0.05) is 25.5 Å². The van der Waals surface area contributed by atoms with Gasteiger partial charge < -0.3 is 5.32 Å². The van der Waals surface area contributed by atoms with Crippen LogP contribution in [0.15, 0.2) is 36.4 Å². The largest absolute Gasteiger partial charge is 0.366 e. The Labute approximate surface area is 159 Å². The van der Waals surface area contributed by atoms with Crippen LogP contribution in [0.1, 0.15) is 32.6 Å². The van der Waals surface area contributed by atoms with E-state index in [2.05, 4.69) is 20.6 Å². The molecule has 4 rings (SSSR count). The minimum Gasteiger partial charge on any atom is -0.366 e. The summed E-state index contributed by atoms with van der Waals surface area (Å²) in [4.78, 5) is 0. The van der Waals surface area contributed by atoms with Gasteiger partial charge in [0.15, 0.2) is 11.5 Å². The van der Waals surface area contributed by atoms with Crippen molar-refractivity contribution in [2.75, 3.05) is 11.1 Å². The van der Waals surface area contributed by atoms with Crippen LogP contribution in [0.2, 0.25) is 0 Å². The Kier molecular flexibility index (Phi) is 5.15. The predicted molar refractivity (Wildman–Crippen MR) is 105 cm³/mol. The van der Waals surface area contributed by atoms with Gasteiger partial charge in [-0.15, -0.1) is 15.3 Å². The van der Waals surface area contributed by atoms with E-state index >= 15 is 0 Å². The molecule has 1 N–H and O–H groups in total. The maximum absolute atomic E-state index is 14.2. The maximum atomic E-state index is 14.2. The molecule has 0 amide bonds. The molecule has 3 unspecified atom stereocenters. The number of anilines is 1. The summed E-state index contributed by atoms with van der Waals surface area (Å²) in [6, 6.07) is 10.4. The van der Waals surface area contributed by atoms with Crippen molar-refractivity contribution in [2.24, 2.45) is 0 Å². The Bertz CT molecular complexity index is 976. The van der Waals surface area contributed by atoms with Crippen molar-refractivity contribution in [2.45, 2.75) is 43.9 Å². The van der Waals surface area contributed by atoms with Gasteiger partial charge in [-0.2, -0.15) is 4.52 Å². The normalized spacial score (nSPS) is 21.3. The van der Waals surface area contributed by atoms with Gasteiger partial charge in [0.2, 0.25) is 0 Å². The molecule has 1 aromatic carbocycles. The number of hydrogen-bond donors (Lipinski definition) is 1. The highest BCUT2D eigenvalue weighted by Crippen LogP contribution is 2.26. The predicted octanol–water partition coefficient (Wildman–Crippen LogP) is 3.42. The van der Waals surface area contributed by atoms with Crippen molar-refractivity contribution in [1.29, 1.82) is 0 Å². The number of hydrogen-bond acceptors (Lipinski definition) is 5. The molecular weight excluding hydrogens is 365 g/mol. The smallest absolute Gasteiger partial charge is 0.188 e. The van der Waals surface area contributed by atoms with Crippen LogP contribution >= 0.6 is 0 Å². The molecule has 2 heterocycles. The topological polar surface area (TPSA) is 72.2 Å². The quantitative estimate of drug-likeness (QED) is 0.726. The molecule has 0 spiro atoms. The minimum absolute atomic E-state index is 0.234. The lowest BCUT2D eigenvalue weighted by Gasteiger charge is -2.29. The molecule has 2 aromatic heterocycles. The van der Waals surface area contributed by atoms with Crippen molar-refractivity contribution in [3.63, 3.8) is 0 Å². The van der Waals surface area contributed by atoms with E-state index in [9.17, 15) is 8.60 Å². The Morgan fingerprint density at radius 2 is 2.07 bits per heavy atom. The molecule has 3 aromatic rings. The van der Waals surface area contributed by atoms with Crippen LogP contribution in [0.5, 0.6) is 0 Å². The molecule has 6 nitrogen and oxygen atoms in total. The van der Waals surface area contributed by atoms with Gasteiger partial charge in [0.25, 0.3) is 0 Å². The molecule has 0 bridgehead atoms. The lowest BCUT2D eigenvalue weighted by molar-refractivity contribution is 0.464. The summed E-state index contributed by atoms with van der Waals surface area (Å²) < 4.78 is 27.9. The summed E-state index contributed by atoms with van der Waals surface area (Å²) >= 11 is 0. The summed E-state index contributed by atoms with van der Waals surface area (Å²) in [6.45, 7) is 1.97. The van der Waals surface area contributed by atoms with Gasteiger partial charge in [0.05, 0.1) is 5.56 Å². The van der Waals surface area contributed by atoms with Crippen LogP contribution in [-0.2, 0) is 10.8 Å². The fourth-order valence-electron chi connectivity index (χ4n) is 3.64. The summed E-state index contributed by atoms with van der Waals surface area (Å²) in [5.41, 5.74) is 0.929. The zero-order chi connectivity index (χ0) is 18.8. The highest BCUT2D eigenvalue weighted by Gasteiger charge is 2.26. The van der Waals surface area contributed by atoms with Crippen molar-refractivity contribution < 1.29 is 8.60 Å². The summed E-state index contributed by atoms with van der Waals surface area (Å²) in [7, 11) is -0.766. The Morgan fingerprint density at radius 3 is 2.89 bits per heavy atom. The van der Waals surface area contributed by atoms with E-state index in [1.165, 1.54) is 6.07 Å². The summed E-state index contributed by atoms with van der Waals surface area (Å²) in [5, 5.41) is 16.5. The van der Waals surface area contributed by atoms with Crippen molar-refractivity contribution in [3.05, 3.63) is 42.2 Å². The molecular formula is C19H22FN5OS. The molecule has 1 aliphatic rings. The Hall–Kier alpha value is -2.35. The first-order valence-electron chi connectivity index (χ1n) is 9.26. The third-order valence-corrected chi connectivity index (χ3v) is 6.75.